The van der Waals surface area contributed by atoms with Crippen LogP contribution in [-0.4, -0.2) is 200 Å². The van der Waals surface area contributed by atoms with E-state index >= 15 is 14.4 Å². The molecule has 14 atom stereocenters. The predicted octanol–water partition coefficient (Wildman–Crippen LogP) is -3.79. The number of nitrogens with zero attached hydrogens (tertiary/aromatic N) is 2. The molecule has 0 bridgehead atoms. The molecule has 0 aliphatic carbocycles. The highest BCUT2D eigenvalue weighted by atomic mass is 32.3. The molecule has 3 heterocycles. The van der Waals surface area contributed by atoms with E-state index in [-0.39, 0.29) is 11.3 Å². The fraction of sp³-hybridized carbons (Fsp3) is 0.725. The molecule has 4 rings (SSSR count). The van der Waals surface area contributed by atoms with Gasteiger partial charge in [0.05, 0.1) is 55.4 Å². The molecule has 81 heavy (non-hydrogen) atoms. The van der Waals surface area contributed by atoms with Gasteiger partial charge in [-0.15, -0.1) is 0 Å². The van der Waals surface area contributed by atoms with Crippen LogP contribution in [0.25, 0.3) is 0 Å². The number of carbonyl (C=O) groups is 8. The topological polar surface area (TPSA) is 503 Å². The van der Waals surface area contributed by atoms with Gasteiger partial charge in [0.2, 0.25) is 35.1 Å². The van der Waals surface area contributed by atoms with Gasteiger partial charge < -0.3 is 93.1 Å². The molecule has 1 aromatic carbocycles. The van der Waals surface area contributed by atoms with Gasteiger partial charge in [0.1, 0.15) is 23.9 Å². The first-order valence-corrected chi connectivity index (χ1v) is 28.5. The zero-order chi connectivity index (χ0) is 61.2. The average molecular weight is 1180 g/mol. The summed E-state index contributed by atoms with van der Waals surface area (Å²) in [7, 11) is -5.56. The number of benzene rings is 1. The monoisotopic (exact) mass is 1170 g/mol. The Hall–Kier alpha value is -5.51. The Kier molecular flexibility index (Phi) is 23.7. The van der Waals surface area contributed by atoms with Crippen LogP contribution in [0.5, 0.6) is 11.5 Å². The van der Waals surface area contributed by atoms with E-state index in [9.17, 15) is 82.9 Å². The van der Waals surface area contributed by atoms with Crippen LogP contribution in [0, 0.1) is 0 Å². The number of aliphatic hydroxyl groups excluding tert-OH is 5. The minimum atomic E-state index is -5.56. The van der Waals surface area contributed by atoms with E-state index in [0.29, 0.717) is 35.9 Å². The summed E-state index contributed by atoms with van der Waals surface area (Å²) in [5, 5.41) is 109. The Morgan fingerprint density at radius 2 is 1.42 bits per heavy atom. The number of amides is 6. The number of aliphatic hydroxyl groups is 8. The summed E-state index contributed by atoms with van der Waals surface area (Å²) in [6, 6.07) is -9.60. The number of unbranched alkanes of at least 4 members (excludes halogenated alkanes) is 12. The first-order valence-electron chi connectivity index (χ1n) is 27.2. The molecule has 29 nitrogen and oxygen atoms in total. The number of aromatic hydroxyl groups is 1. The quantitative estimate of drug-likeness (QED) is 0.0142. The Balaban J connectivity index is 1.79. The molecule has 3 aliphatic rings. The standard InChI is InChI=1S/C51H82N8O21S/c1-5-6-7-8-9-10-11-12-13-14-15-16-17-18-38(66)55-32(23-35(64)44(54)70)45(71)56-41(28(3)61)46(72)58-26-31(62)22-33(58)42(68)51(76)49(43(69)40(53)27(2)60)47(73)57-48(74,24-37(52)65)25-39(67)59(49)29(4)50(51,75)30-19-20-34(63)36(21-30)80-81(77,78)79/h19-21,27-29,31-33,35,40-41,44,60-64,70,74-76H,5-18,22-26,53-54H2,1-4H3,(H2,52,65)(H,55,66)(H,56,71)(H,57,73)(H,77,78,79)/t27-,28-,29+,31-,32+,33+,35+,40+,41+,44+,48-,49-,50+,51-/m1/s1. The second-order valence-corrected chi connectivity index (χ2v) is 22.7. The molecule has 3 aliphatic heterocycles. The number of rotatable bonds is 32. The maximum Gasteiger partial charge on any atom is 0.446 e. The maximum absolute atomic E-state index is 16.0. The van der Waals surface area contributed by atoms with Crippen molar-refractivity contribution in [3.63, 3.8) is 0 Å². The molecule has 458 valence electrons. The maximum atomic E-state index is 16.0. The molecule has 0 unspecified atom stereocenters. The van der Waals surface area contributed by atoms with Crippen LogP contribution in [-0.2, 0) is 54.4 Å². The third-order valence-electron chi connectivity index (χ3n) is 15.4. The second-order valence-electron chi connectivity index (χ2n) is 21.7. The van der Waals surface area contributed by atoms with Gasteiger partial charge in [0.15, 0.2) is 34.4 Å². The predicted molar refractivity (Wildman–Crippen MR) is 282 cm³/mol. The van der Waals surface area contributed by atoms with Crippen LogP contribution in [0.2, 0.25) is 0 Å². The van der Waals surface area contributed by atoms with E-state index in [0.717, 1.165) is 52.9 Å². The van der Waals surface area contributed by atoms with Crippen LogP contribution in [0.1, 0.15) is 149 Å². The van der Waals surface area contributed by atoms with Crippen molar-refractivity contribution in [3.8, 4) is 11.5 Å². The average Bonchev–Trinajstić information content (AvgIpc) is 1.88. The molecule has 0 saturated carbocycles. The van der Waals surface area contributed by atoms with Crippen molar-refractivity contribution in [1.82, 2.24) is 25.8 Å². The summed E-state index contributed by atoms with van der Waals surface area (Å²) in [5.74, 6) is -14.9. The number of likely N-dealkylation sites (tertiary alicyclic amines) is 1. The molecule has 0 aromatic heterocycles. The van der Waals surface area contributed by atoms with Crippen molar-refractivity contribution in [2.45, 2.75) is 227 Å². The highest BCUT2D eigenvalue weighted by Gasteiger charge is 2.86. The molecular formula is C51H82N8O21S. The van der Waals surface area contributed by atoms with Gasteiger partial charge in [-0.2, -0.15) is 8.42 Å². The normalized spacial score (nSPS) is 27.4. The van der Waals surface area contributed by atoms with Crippen molar-refractivity contribution >= 4 is 57.4 Å². The van der Waals surface area contributed by atoms with Crippen molar-refractivity contribution in [2.24, 2.45) is 17.2 Å². The number of β-amino-alcohol motifs (C(OH)–C–C–N with tert-alkyl or cyclic N) is 1. The largest absolute Gasteiger partial charge is 0.504 e. The Morgan fingerprint density at radius 3 is 1.93 bits per heavy atom. The fourth-order valence-corrected chi connectivity index (χ4v) is 11.5. The third kappa shape index (κ3) is 15.2. The van der Waals surface area contributed by atoms with Crippen molar-refractivity contribution < 1.29 is 101 Å². The van der Waals surface area contributed by atoms with E-state index in [1.807, 2.05) is 5.32 Å². The lowest BCUT2D eigenvalue weighted by Crippen LogP contribution is -2.80. The van der Waals surface area contributed by atoms with E-state index in [1.54, 1.807) is 0 Å². The molecule has 3 saturated heterocycles. The summed E-state index contributed by atoms with van der Waals surface area (Å²) in [6.45, 7) is 3.92. The molecule has 30 heteroatoms. The first kappa shape index (κ1) is 68.0. The summed E-state index contributed by atoms with van der Waals surface area (Å²) in [4.78, 5) is 116. The Labute approximate surface area is 468 Å². The highest BCUT2D eigenvalue weighted by Crippen LogP contribution is 2.58. The van der Waals surface area contributed by atoms with Gasteiger partial charge >= 0.3 is 10.4 Å². The van der Waals surface area contributed by atoms with Gasteiger partial charge in [0.25, 0.3) is 5.91 Å². The van der Waals surface area contributed by atoms with Gasteiger partial charge in [-0.25, -0.2) is 0 Å². The number of nitrogens with two attached hydrogens (primary N) is 3. The number of Topliss-reactive ketones (excluding diaryl/α,β-unsaturated/α-hetero) is 2. The van der Waals surface area contributed by atoms with Crippen LogP contribution in [0.15, 0.2) is 18.2 Å². The SMILES string of the molecule is CCCCCCCCCCCCCCCC(=O)N[C@@H](C[C@H](O)[C@@H](N)O)C(=O)N[C@H](C(=O)N1C[C@H](O)C[C@H]1C(=O)[C@@]1(O)[C@@]2(C(=O)[C@@H](N)[C@@H](C)O)C(=O)N[C@@](O)(CC(N)=O)CC(=O)N2[C@@H](C)[C@]1(O)c1ccc(O)c(OS(=O)(=O)O)c1)[C@@H](C)O. The van der Waals surface area contributed by atoms with E-state index in [4.69, 9.17) is 17.2 Å². The van der Waals surface area contributed by atoms with Crippen LogP contribution >= 0.6 is 0 Å². The number of primary amides is 1. The van der Waals surface area contributed by atoms with Crippen LogP contribution in [0.4, 0.5) is 0 Å². The van der Waals surface area contributed by atoms with Crippen molar-refractivity contribution in [1.29, 1.82) is 0 Å². The number of fused-ring (bicyclic) bond motifs is 1. The fourth-order valence-electron chi connectivity index (χ4n) is 11.2. The smallest absolute Gasteiger partial charge is 0.446 e. The number of hydrogen-bond donors (Lipinski definition) is 16. The number of carbonyl (C=O) groups excluding carboxylic acids is 8. The van der Waals surface area contributed by atoms with Gasteiger partial charge in [-0.05, 0) is 44.9 Å². The molecule has 1 aromatic rings. The van der Waals surface area contributed by atoms with Gasteiger partial charge in [-0.1, -0.05) is 90.0 Å². The van der Waals surface area contributed by atoms with E-state index in [2.05, 4.69) is 21.7 Å². The molecule has 3 fully saturated rings. The molecule has 6 amide bonds. The Morgan fingerprint density at radius 1 is 0.864 bits per heavy atom. The number of ketones is 2. The lowest BCUT2D eigenvalue weighted by atomic mass is 9.61. The zero-order valence-corrected chi connectivity index (χ0v) is 46.8. The number of phenolic OH excluding ortho intramolecular Hbond substituents is 1. The summed E-state index contributed by atoms with van der Waals surface area (Å²) < 4.78 is 37.8. The molecular weight excluding hydrogens is 1090 g/mol. The van der Waals surface area contributed by atoms with Gasteiger partial charge in [0, 0.05) is 25.8 Å². The van der Waals surface area contributed by atoms with E-state index in [1.165, 1.54) is 38.5 Å². The lowest BCUT2D eigenvalue weighted by molar-refractivity contribution is -0.195. The molecule has 19 N–H and O–H groups in total. The first-order chi connectivity index (χ1) is 37.7. The van der Waals surface area contributed by atoms with Crippen molar-refractivity contribution in [2.75, 3.05) is 6.54 Å². The summed E-state index contributed by atoms with van der Waals surface area (Å²) in [6.07, 6.45) is -0.809. The van der Waals surface area contributed by atoms with E-state index < -0.39 is 190 Å². The van der Waals surface area contributed by atoms with Crippen molar-refractivity contribution in [3.05, 3.63) is 23.8 Å². The summed E-state index contributed by atoms with van der Waals surface area (Å²) >= 11 is 0. The minimum Gasteiger partial charge on any atom is -0.504 e. The molecule has 0 spiro atoms. The zero-order valence-electron chi connectivity index (χ0n) is 45.9. The van der Waals surface area contributed by atoms with Crippen LogP contribution in [0.3, 0.4) is 0 Å². The van der Waals surface area contributed by atoms with Gasteiger partial charge in [-0.3, -0.25) is 42.9 Å². The number of phenols is 1. The highest BCUT2D eigenvalue weighted by molar-refractivity contribution is 7.81. The second kappa shape index (κ2) is 28.2. The lowest BCUT2D eigenvalue weighted by Gasteiger charge is -2.47. The molecule has 0 radical (unpaired) electrons. The number of hydrogen-bond acceptors (Lipinski definition) is 22. The Bertz CT molecular complexity index is 2560. The number of nitrogens with one attached hydrogen (secondary N) is 3. The minimum absolute atomic E-state index is 0.0957. The van der Waals surface area contributed by atoms with Crippen LogP contribution < -0.4 is 37.3 Å². The summed E-state index contributed by atoms with van der Waals surface area (Å²) in [5.41, 5.74) is 0.673. The third-order valence-corrected chi connectivity index (χ3v) is 15.7.